The summed E-state index contributed by atoms with van der Waals surface area (Å²) in [6.07, 6.45) is 2.50. The summed E-state index contributed by atoms with van der Waals surface area (Å²) in [6.45, 7) is 1.82. The van der Waals surface area contributed by atoms with E-state index in [1.165, 1.54) is 13.2 Å². The second-order valence-corrected chi connectivity index (χ2v) is 4.40. The highest BCUT2D eigenvalue weighted by atomic mass is 16.5. The lowest BCUT2D eigenvalue weighted by Gasteiger charge is -2.31. The molecule has 2 aliphatic rings. The van der Waals surface area contributed by atoms with Crippen LogP contribution in [-0.4, -0.2) is 25.0 Å². The molecule has 1 saturated heterocycles. The third-order valence-corrected chi connectivity index (χ3v) is 3.53. The summed E-state index contributed by atoms with van der Waals surface area (Å²) in [5, 5.41) is 0. The predicted octanol–water partition coefficient (Wildman–Crippen LogP) is 1.41. The van der Waals surface area contributed by atoms with Crippen molar-refractivity contribution in [2.45, 2.75) is 13.0 Å². The van der Waals surface area contributed by atoms with Crippen LogP contribution in [0.2, 0.25) is 0 Å². The number of ketones is 1. The molecule has 0 amide bonds. The van der Waals surface area contributed by atoms with Gasteiger partial charge in [-0.1, -0.05) is 0 Å². The fourth-order valence-electron chi connectivity index (χ4n) is 2.66. The van der Waals surface area contributed by atoms with E-state index in [1.54, 1.807) is 18.2 Å². The highest BCUT2D eigenvalue weighted by molar-refractivity contribution is 6.08. The van der Waals surface area contributed by atoms with Crippen LogP contribution in [0.25, 0.3) is 0 Å². The molecule has 1 aromatic heterocycles. The van der Waals surface area contributed by atoms with Crippen LogP contribution >= 0.6 is 0 Å². The summed E-state index contributed by atoms with van der Waals surface area (Å²) in [5.74, 6) is -0.365. The molecule has 2 aliphatic heterocycles. The lowest BCUT2D eigenvalue weighted by atomic mass is 9.72. The number of cyclic esters (lactones) is 1. The predicted molar refractivity (Wildman–Crippen MR) is 59.6 cm³/mol. The van der Waals surface area contributed by atoms with Gasteiger partial charge in [0.05, 0.1) is 12.9 Å². The number of furan rings is 1. The fourth-order valence-corrected chi connectivity index (χ4v) is 2.66. The molecule has 2 atom stereocenters. The average Bonchev–Trinajstić information content (AvgIpc) is 2.95. The Labute approximate surface area is 103 Å². The van der Waals surface area contributed by atoms with E-state index in [2.05, 4.69) is 0 Å². The normalized spacial score (nSPS) is 30.6. The van der Waals surface area contributed by atoms with Crippen LogP contribution in [-0.2, 0) is 19.1 Å². The number of Topliss-reactive ketones (excluding diaryl/α,β-unsaturated/α-hetero) is 1. The van der Waals surface area contributed by atoms with Crippen LogP contribution in [0.3, 0.4) is 0 Å². The maximum atomic E-state index is 12.1. The Hall–Kier alpha value is -1.88. The van der Waals surface area contributed by atoms with E-state index in [4.69, 9.17) is 13.9 Å². The standard InChI is InChI=1S/C13H12O5/c1-8(14)13-9(4-6-17-12(13)15)7-18-11(13)10-3-2-5-16-10/h2-5,11H,6-7H2,1H3. The Balaban J connectivity index is 2.17. The molecule has 5 nitrogen and oxygen atoms in total. The van der Waals surface area contributed by atoms with Crippen LogP contribution in [0.15, 0.2) is 34.5 Å². The molecule has 0 N–H and O–H groups in total. The first kappa shape index (κ1) is 11.2. The van der Waals surface area contributed by atoms with Crippen LogP contribution in [0.1, 0.15) is 18.8 Å². The maximum Gasteiger partial charge on any atom is 0.327 e. The van der Waals surface area contributed by atoms with Crippen molar-refractivity contribution in [2.75, 3.05) is 13.2 Å². The smallest absolute Gasteiger partial charge is 0.327 e. The van der Waals surface area contributed by atoms with Gasteiger partial charge in [-0.05, 0) is 30.7 Å². The Kier molecular flexibility index (Phi) is 2.38. The molecule has 0 saturated carbocycles. The van der Waals surface area contributed by atoms with E-state index in [0.29, 0.717) is 11.3 Å². The monoisotopic (exact) mass is 248 g/mol. The average molecular weight is 248 g/mol. The molecule has 1 fully saturated rings. The highest BCUT2D eigenvalue weighted by Crippen LogP contribution is 2.51. The Bertz CT molecular complexity index is 528. The van der Waals surface area contributed by atoms with Crippen molar-refractivity contribution >= 4 is 11.8 Å². The molecular formula is C13H12O5. The van der Waals surface area contributed by atoms with Crippen molar-refractivity contribution in [3.05, 3.63) is 35.8 Å². The zero-order valence-corrected chi connectivity index (χ0v) is 9.84. The Morgan fingerprint density at radius 1 is 1.50 bits per heavy atom. The second kappa shape index (κ2) is 3.81. The molecule has 0 aliphatic carbocycles. The van der Waals surface area contributed by atoms with Gasteiger partial charge in [0, 0.05) is 0 Å². The third kappa shape index (κ3) is 1.25. The number of carbonyl (C=O) groups excluding carboxylic acids is 2. The van der Waals surface area contributed by atoms with Gasteiger partial charge < -0.3 is 13.9 Å². The number of hydrogen-bond acceptors (Lipinski definition) is 5. The molecule has 2 unspecified atom stereocenters. The SMILES string of the molecule is CC(=O)C12C(=O)OCC=C1COC2c1ccco1. The molecule has 0 aromatic carbocycles. The number of carbonyl (C=O) groups is 2. The van der Waals surface area contributed by atoms with Crippen LogP contribution < -0.4 is 0 Å². The summed E-state index contributed by atoms with van der Waals surface area (Å²) >= 11 is 0. The maximum absolute atomic E-state index is 12.1. The molecule has 0 radical (unpaired) electrons. The van der Waals surface area contributed by atoms with E-state index in [9.17, 15) is 9.59 Å². The van der Waals surface area contributed by atoms with E-state index in [1.807, 2.05) is 0 Å². The molecule has 3 rings (SSSR count). The summed E-state index contributed by atoms with van der Waals surface area (Å²) in [5.41, 5.74) is -0.691. The number of fused-ring (bicyclic) bond motifs is 1. The first-order chi connectivity index (χ1) is 8.67. The third-order valence-electron chi connectivity index (χ3n) is 3.53. The number of ether oxygens (including phenoxy) is 2. The number of esters is 1. The van der Waals surface area contributed by atoms with Gasteiger partial charge in [-0.2, -0.15) is 0 Å². The zero-order chi connectivity index (χ0) is 12.8. The van der Waals surface area contributed by atoms with Gasteiger partial charge in [0.2, 0.25) is 0 Å². The molecule has 0 bridgehead atoms. The molecule has 5 heteroatoms. The lowest BCUT2D eigenvalue weighted by Crippen LogP contribution is -2.45. The fraction of sp³-hybridized carbons (Fsp3) is 0.385. The molecule has 0 spiro atoms. The second-order valence-electron chi connectivity index (χ2n) is 4.40. The minimum absolute atomic E-state index is 0.192. The van der Waals surface area contributed by atoms with Crippen molar-refractivity contribution in [3.8, 4) is 0 Å². The lowest BCUT2D eigenvalue weighted by molar-refractivity contribution is -0.162. The number of rotatable bonds is 2. The summed E-state index contributed by atoms with van der Waals surface area (Å²) < 4.78 is 15.9. The van der Waals surface area contributed by atoms with Gasteiger partial charge in [-0.15, -0.1) is 0 Å². The summed E-state index contributed by atoms with van der Waals surface area (Å²) in [4.78, 5) is 24.2. The Morgan fingerprint density at radius 3 is 3.00 bits per heavy atom. The van der Waals surface area contributed by atoms with Crippen molar-refractivity contribution in [1.82, 2.24) is 0 Å². The van der Waals surface area contributed by atoms with Gasteiger partial charge in [-0.25, -0.2) is 0 Å². The van der Waals surface area contributed by atoms with Gasteiger partial charge in [0.25, 0.3) is 0 Å². The Morgan fingerprint density at radius 2 is 2.33 bits per heavy atom. The molecule has 18 heavy (non-hydrogen) atoms. The largest absolute Gasteiger partial charge is 0.467 e. The first-order valence-electron chi connectivity index (χ1n) is 5.70. The molecular weight excluding hydrogens is 236 g/mol. The summed E-state index contributed by atoms with van der Waals surface area (Å²) in [7, 11) is 0. The molecule has 1 aromatic rings. The topological polar surface area (TPSA) is 65.7 Å². The van der Waals surface area contributed by atoms with Crippen LogP contribution in [0, 0.1) is 5.41 Å². The molecule has 94 valence electrons. The summed E-state index contributed by atoms with van der Waals surface area (Å²) in [6, 6.07) is 3.39. The van der Waals surface area contributed by atoms with E-state index >= 15 is 0 Å². The first-order valence-corrected chi connectivity index (χ1v) is 5.70. The van der Waals surface area contributed by atoms with Crippen LogP contribution in [0.5, 0.6) is 0 Å². The van der Waals surface area contributed by atoms with Crippen molar-refractivity contribution in [3.63, 3.8) is 0 Å². The van der Waals surface area contributed by atoms with E-state index in [-0.39, 0.29) is 19.0 Å². The number of hydrogen-bond donors (Lipinski definition) is 0. The quantitative estimate of drug-likeness (QED) is 0.449. The van der Waals surface area contributed by atoms with Crippen molar-refractivity contribution < 1.29 is 23.5 Å². The van der Waals surface area contributed by atoms with E-state index < -0.39 is 17.5 Å². The van der Waals surface area contributed by atoms with E-state index in [0.717, 1.165) is 0 Å². The minimum atomic E-state index is -1.36. The minimum Gasteiger partial charge on any atom is -0.467 e. The highest BCUT2D eigenvalue weighted by Gasteiger charge is 2.61. The van der Waals surface area contributed by atoms with Crippen LogP contribution in [0.4, 0.5) is 0 Å². The van der Waals surface area contributed by atoms with Gasteiger partial charge in [0.1, 0.15) is 18.5 Å². The van der Waals surface area contributed by atoms with Gasteiger partial charge >= 0.3 is 5.97 Å². The van der Waals surface area contributed by atoms with Crippen molar-refractivity contribution in [2.24, 2.45) is 5.41 Å². The zero-order valence-electron chi connectivity index (χ0n) is 9.84. The van der Waals surface area contributed by atoms with Crippen molar-refractivity contribution in [1.29, 1.82) is 0 Å². The van der Waals surface area contributed by atoms with Gasteiger partial charge in [-0.3, -0.25) is 9.59 Å². The van der Waals surface area contributed by atoms with Gasteiger partial charge in [0.15, 0.2) is 11.2 Å². The molecule has 3 heterocycles.